The first kappa shape index (κ1) is 12.7. The summed E-state index contributed by atoms with van der Waals surface area (Å²) in [5, 5.41) is 9.00. The van der Waals surface area contributed by atoms with Crippen LogP contribution in [0.15, 0.2) is 18.5 Å². The number of Topliss-reactive ketones (excluding diaryl/α,β-unsaturated/α-hetero) is 1. The van der Waals surface area contributed by atoms with Crippen molar-refractivity contribution < 1.29 is 9.53 Å². The average Bonchev–Trinajstić information content (AvgIpc) is 2.65. The number of carbonyl (C=O) groups excluding carboxylic acids is 1. The van der Waals surface area contributed by atoms with Gasteiger partial charge >= 0.3 is 0 Å². The molecular weight excluding hydrogens is 228 g/mol. The third kappa shape index (κ3) is 2.14. The van der Waals surface area contributed by atoms with E-state index in [1.54, 1.807) is 19.5 Å². The van der Waals surface area contributed by atoms with E-state index in [2.05, 4.69) is 11.1 Å². The molecule has 4 nitrogen and oxygen atoms in total. The number of nitriles is 1. The molecule has 0 N–H and O–H groups in total. The van der Waals surface area contributed by atoms with Crippen molar-refractivity contribution in [3.05, 3.63) is 29.6 Å². The lowest BCUT2D eigenvalue weighted by molar-refractivity contribution is 0.0788. The lowest BCUT2D eigenvalue weighted by Crippen LogP contribution is -2.28. The van der Waals surface area contributed by atoms with Gasteiger partial charge in [0.15, 0.2) is 5.78 Å². The van der Waals surface area contributed by atoms with Crippen molar-refractivity contribution in [1.82, 2.24) is 4.98 Å². The molecule has 2 rings (SSSR count). The van der Waals surface area contributed by atoms with Crippen LogP contribution in [0.3, 0.4) is 0 Å². The molecular formula is C14H16N2O2. The summed E-state index contributed by atoms with van der Waals surface area (Å²) in [6, 6.07) is 4.04. The van der Waals surface area contributed by atoms with Crippen molar-refractivity contribution in [2.24, 2.45) is 5.41 Å². The average molecular weight is 244 g/mol. The van der Waals surface area contributed by atoms with Crippen LogP contribution in [-0.4, -0.2) is 24.5 Å². The van der Waals surface area contributed by atoms with Gasteiger partial charge in [0.2, 0.25) is 0 Å². The topological polar surface area (TPSA) is 63.0 Å². The molecule has 1 atom stereocenters. The SMILES string of the molecule is COCCC[C@@]1(CC#N)Cc2ccncc2C1=O. The maximum Gasteiger partial charge on any atom is 0.172 e. The highest BCUT2D eigenvalue weighted by molar-refractivity contribution is 6.04. The molecule has 0 spiro atoms. The summed E-state index contributed by atoms with van der Waals surface area (Å²) in [6.07, 6.45) is 5.73. The standard InChI is InChI=1S/C14H16N2O2/c1-18-8-2-4-14(5-6-15)9-11-3-7-16-10-12(11)13(14)17/h3,7,10H,2,4-5,8-9H2,1H3/t14-/m1/s1. The Hall–Kier alpha value is -1.73. The Balaban J connectivity index is 2.24. The molecule has 0 saturated carbocycles. The fourth-order valence-electron chi connectivity index (χ4n) is 2.65. The van der Waals surface area contributed by atoms with Crippen molar-refractivity contribution in [2.45, 2.75) is 25.7 Å². The number of hydrogen-bond acceptors (Lipinski definition) is 4. The van der Waals surface area contributed by atoms with Crippen LogP contribution >= 0.6 is 0 Å². The molecule has 1 aliphatic carbocycles. The zero-order chi connectivity index (χ0) is 13.0. The van der Waals surface area contributed by atoms with Gasteiger partial charge in [0.25, 0.3) is 0 Å². The number of ether oxygens (including phenoxy) is 1. The van der Waals surface area contributed by atoms with Crippen LogP contribution in [-0.2, 0) is 11.2 Å². The number of aromatic nitrogens is 1. The number of methoxy groups -OCH3 is 1. The van der Waals surface area contributed by atoms with Crippen LogP contribution in [0.1, 0.15) is 35.2 Å². The normalized spacial score (nSPS) is 21.7. The fourth-order valence-corrected chi connectivity index (χ4v) is 2.65. The Labute approximate surface area is 107 Å². The fraction of sp³-hybridized carbons (Fsp3) is 0.500. The predicted molar refractivity (Wildman–Crippen MR) is 66.0 cm³/mol. The Bertz CT molecular complexity index is 493. The minimum absolute atomic E-state index is 0.0725. The van der Waals surface area contributed by atoms with Crippen molar-refractivity contribution in [2.75, 3.05) is 13.7 Å². The monoisotopic (exact) mass is 244 g/mol. The highest BCUT2D eigenvalue weighted by atomic mass is 16.5. The molecule has 94 valence electrons. The van der Waals surface area contributed by atoms with E-state index < -0.39 is 5.41 Å². The van der Waals surface area contributed by atoms with E-state index in [4.69, 9.17) is 10.00 Å². The van der Waals surface area contributed by atoms with Gasteiger partial charge < -0.3 is 4.74 Å². The predicted octanol–water partition coefficient (Wildman–Crippen LogP) is 2.15. The molecule has 18 heavy (non-hydrogen) atoms. The number of rotatable bonds is 5. The summed E-state index contributed by atoms with van der Waals surface area (Å²) in [4.78, 5) is 16.5. The van der Waals surface area contributed by atoms with Gasteiger partial charge in [-0.25, -0.2) is 0 Å². The van der Waals surface area contributed by atoms with Gasteiger partial charge in [0.1, 0.15) is 0 Å². The number of pyridine rings is 1. The van der Waals surface area contributed by atoms with Crippen LogP contribution in [0.25, 0.3) is 0 Å². The second-order valence-corrected chi connectivity index (χ2v) is 4.75. The van der Waals surface area contributed by atoms with E-state index in [-0.39, 0.29) is 12.2 Å². The van der Waals surface area contributed by atoms with Crippen molar-refractivity contribution in [1.29, 1.82) is 5.26 Å². The highest BCUT2D eigenvalue weighted by Gasteiger charge is 2.44. The van der Waals surface area contributed by atoms with E-state index in [0.29, 0.717) is 25.0 Å². The smallest absolute Gasteiger partial charge is 0.172 e. The van der Waals surface area contributed by atoms with Crippen molar-refractivity contribution in [3.8, 4) is 6.07 Å². The van der Waals surface area contributed by atoms with Crippen LogP contribution in [0.5, 0.6) is 0 Å². The van der Waals surface area contributed by atoms with E-state index in [1.165, 1.54) is 0 Å². The molecule has 1 aliphatic rings. The first-order chi connectivity index (χ1) is 8.73. The first-order valence-corrected chi connectivity index (χ1v) is 6.07. The molecule has 0 aliphatic heterocycles. The molecule has 1 aromatic rings. The van der Waals surface area contributed by atoms with Gasteiger partial charge in [-0.05, 0) is 30.9 Å². The van der Waals surface area contributed by atoms with Gasteiger partial charge in [-0.1, -0.05) is 0 Å². The van der Waals surface area contributed by atoms with E-state index >= 15 is 0 Å². The number of hydrogen-bond donors (Lipinski definition) is 0. The second-order valence-electron chi connectivity index (χ2n) is 4.75. The summed E-state index contributed by atoms with van der Waals surface area (Å²) in [7, 11) is 1.64. The lowest BCUT2D eigenvalue weighted by Gasteiger charge is -2.24. The maximum absolute atomic E-state index is 12.5. The lowest BCUT2D eigenvalue weighted by atomic mass is 9.77. The number of carbonyl (C=O) groups is 1. The zero-order valence-corrected chi connectivity index (χ0v) is 10.5. The van der Waals surface area contributed by atoms with Crippen LogP contribution in [0, 0.1) is 16.7 Å². The van der Waals surface area contributed by atoms with Crippen molar-refractivity contribution >= 4 is 5.78 Å². The molecule has 1 aromatic heterocycles. The Morgan fingerprint density at radius 1 is 1.61 bits per heavy atom. The van der Waals surface area contributed by atoms with Gasteiger partial charge in [-0.3, -0.25) is 9.78 Å². The number of fused-ring (bicyclic) bond motifs is 1. The Kier molecular flexibility index (Phi) is 3.73. The molecule has 0 aromatic carbocycles. The molecule has 0 fully saturated rings. The minimum Gasteiger partial charge on any atom is -0.385 e. The second kappa shape index (κ2) is 5.28. The van der Waals surface area contributed by atoms with Crippen LogP contribution in [0.4, 0.5) is 0 Å². The molecule has 0 amide bonds. The quantitative estimate of drug-likeness (QED) is 0.744. The minimum atomic E-state index is -0.557. The third-order valence-corrected chi connectivity index (χ3v) is 3.59. The van der Waals surface area contributed by atoms with Gasteiger partial charge in [0, 0.05) is 38.1 Å². The molecule has 4 heteroatoms. The van der Waals surface area contributed by atoms with Gasteiger partial charge in [0.05, 0.1) is 11.5 Å². The molecule has 0 radical (unpaired) electrons. The molecule has 0 bridgehead atoms. The van der Waals surface area contributed by atoms with E-state index in [1.807, 2.05) is 6.07 Å². The summed E-state index contributed by atoms with van der Waals surface area (Å²) in [5.41, 5.74) is 1.14. The van der Waals surface area contributed by atoms with Gasteiger partial charge in [-0.2, -0.15) is 5.26 Å². The summed E-state index contributed by atoms with van der Waals surface area (Å²) >= 11 is 0. The first-order valence-electron chi connectivity index (χ1n) is 6.07. The highest BCUT2D eigenvalue weighted by Crippen LogP contribution is 2.42. The summed E-state index contributed by atoms with van der Waals surface area (Å²) in [6.45, 7) is 0.620. The molecule has 1 heterocycles. The van der Waals surface area contributed by atoms with E-state index in [9.17, 15) is 4.79 Å². The van der Waals surface area contributed by atoms with Crippen LogP contribution < -0.4 is 0 Å². The Morgan fingerprint density at radius 2 is 2.44 bits per heavy atom. The zero-order valence-electron chi connectivity index (χ0n) is 10.5. The van der Waals surface area contributed by atoms with Crippen molar-refractivity contribution in [3.63, 3.8) is 0 Å². The van der Waals surface area contributed by atoms with E-state index in [0.717, 1.165) is 12.0 Å². The Morgan fingerprint density at radius 3 is 3.11 bits per heavy atom. The third-order valence-electron chi connectivity index (χ3n) is 3.59. The van der Waals surface area contributed by atoms with Crippen LogP contribution in [0.2, 0.25) is 0 Å². The summed E-state index contributed by atoms with van der Waals surface area (Å²) < 4.78 is 5.03. The number of nitrogens with zero attached hydrogens (tertiary/aromatic N) is 2. The number of ketones is 1. The summed E-state index contributed by atoms with van der Waals surface area (Å²) in [5.74, 6) is 0.0725. The maximum atomic E-state index is 12.5. The van der Waals surface area contributed by atoms with Gasteiger partial charge in [-0.15, -0.1) is 0 Å². The molecule has 0 unspecified atom stereocenters. The largest absolute Gasteiger partial charge is 0.385 e. The molecule has 0 saturated heterocycles.